The Morgan fingerprint density at radius 1 is 1.19 bits per heavy atom. The fraction of sp³-hybridized carbons (Fsp3) is 0.833. The van der Waals surface area contributed by atoms with Gasteiger partial charge in [0.15, 0.2) is 5.96 Å². The topological polar surface area (TPSA) is 66.7 Å². The van der Waals surface area contributed by atoms with Crippen LogP contribution in [-0.2, 0) is 18.2 Å². The van der Waals surface area contributed by atoms with Crippen LogP contribution in [-0.4, -0.2) is 72.6 Å². The number of morpholine rings is 1. The number of aromatic nitrogens is 2. The lowest BCUT2D eigenvalue weighted by Gasteiger charge is -2.41. The second-order valence-electron chi connectivity index (χ2n) is 9.67. The zero-order valence-electron chi connectivity index (χ0n) is 20.9. The van der Waals surface area contributed by atoms with Gasteiger partial charge < -0.3 is 15.4 Å². The third-order valence-corrected chi connectivity index (χ3v) is 7.05. The van der Waals surface area contributed by atoms with Gasteiger partial charge in [0.2, 0.25) is 0 Å². The van der Waals surface area contributed by atoms with Gasteiger partial charge >= 0.3 is 0 Å². The zero-order valence-corrected chi connectivity index (χ0v) is 23.2. The molecule has 1 aliphatic heterocycles. The molecule has 1 aromatic rings. The van der Waals surface area contributed by atoms with Crippen LogP contribution < -0.4 is 10.6 Å². The van der Waals surface area contributed by atoms with Gasteiger partial charge in [0.05, 0.1) is 18.9 Å². The molecule has 8 heteroatoms. The Hall–Kier alpha value is -0.870. The Labute approximate surface area is 212 Å². The van der Waals surface area contributed by atoms with E-state index < -0.39 is 0 Å². The minimum Gasteiger partial charge on any atom is -0.379 e. The van der Waals surface area contributed by atoms with Crippen molar-refractivity contribution in [1.29, 1.82) is 0 Å². The number of aliphatic imine (C=N–C) groups is 1. The molecule has 32 heavy (non-hydrogen) atoms. The molecule has 0 radical (unpaired) electrons. The molecule has 1 aliphatic carbocycles. The van der Waals surface area contributed by atoms with Crippen molar-refractivity contribution in [2.75, 3.05) is 45.9 Å². The molecule has 3 rings (SSSR count). The average molecular weight is 561 g/mol. The van der Waals surface area contributed by atoms with E-state index in [1.165, 1.54) is 43.4 Å². The Morgan fingerprint density at radius 3 is 2.47 bits per heavy atom. The van der Waals surface area contributed by atoms with E-state index in [1.807, 2.05) is 11.7 Å². The Morgan fingerprint density at radius 2 is 1.88 bits per heavy atom. The van der Waals surface area contributed by atoms with Crippen LogP contribution in [0.4, 0.5) is 0 Å². The van der Waals surface area contributed by atoms with E-state index in [0.717, 1.165) is 64.0 Å². The average Bonchev–Trinajstić information content (AvgIpc) is 2.99. The molecule has 2 heterocycles. The number of halogens is 1. The molecule has 1 aromatic heterocycles. The van der Waals surface area contributed by atoms with Gasteiger partial charge in [0, 0.05) is 56.9 Å². The molecule has 2 N–H and O–H groups in total. The van der Waals surface area contributed by atoms with Crippen molar-refractivity contribution in [3.8, 4) is 0 Å². The first-order valence-corrected chi connectivity index (χ1v) is 12.3. The summed E-state index contributed by atoms with van der Waals surface area (Å²) in [6, 6.07) is 0.293. The summed E-state index contributed by atoms with van der Waals surface area (Å²) >= 11 is 0. The van der Waals surface area contributed by atoms with Crippen LogP contribution in [0, 0.1) is 19.3 Å². The summed E-state index contributed by atoms with van der Waals surface area (Å²) in [6.07, 6.45) is 7.57. The molecule has 1 unspecified atom stereocenters. The summed E-state index contributed by atoms with van der Waals surface area (Å²) in [7, 11) is 2.02. The molecule has 0 bridgehead atoms. The Kier molecular flexibility index (Phi) is 11.2. The third-order valence-electron chi connectivity index (χ3n) is 7.05. The van der Waals surface area contributed by atoms with E-state index in [4.69, 9.17) is 9.73 Å². The number of rotatable bonds is 8. The lowest BCUT2D eigenvalue weighted by atomic mass is 9.73. The van der Waals surface area contributed by atoms with Crippen molar-refractivity contribution in [3.63, 3.8) is 0 Å². The normalized spacial score (nSPS) is 20.5. The summed E-state index contributed by atoms with van der Waals surface area (Å²) in [5.41, 5.74) is 4.02. The fourth-order valence-electron chi connectivity index (χ4n) is 5.17. The third kappa shape index (κ3) is 7.58. The number of nitrogens with zero attached hydrogens (tertiary/aromatic N) is 4. The number of hydrogen-bond acceptors (Lipinski definition) is 4. The van der Waals surface area contributed by atoms with E-state index >= 15 is 0 Å². The van der Waals surface area contributed by atoms with Gasteiger partial charge in [-0.25, -0.2) is 0 Å². The van der Waals surface area contributed by atoms with Crippen LogP contribution in [0.2, 0.25) is 0 Å². The Balaban J connectivity index is 0.00000363. The minimum atomic E-state index is 0. The lowest BCUT2D eigenvalue weighted by Crippen LogP contribution is -2.47. The van der Waals surface area contributed by atoms with Crippen LogP contribution in [0.1, 0.15) is 62.9 Å². The molecule has 7 nitrogen and oxygen atoms in total. The molecule has 184 valence electrons. The number of ether oxygens (including phenoxy) is 1. The van der Waals surface area contributed by atoms with Gasteiger partial charge in [0.25, 0.3) is 0 Å². The predicted molar refractivity (Wildman–Crippen MR) is 143 cm³/mol. The van der Waals surface area contributed by atoms with E-state index in [-0.39, 0.29) is 24.0 Å². The van der Waals surface area contributed by atoms with Crippen molar-refractivity contribution in [2.45, 2.75) is 72.3 Å². The van der Waals surface area contributed by atoms with Gasteiger partial charge in [-0.1, -0.05) is 19.3 Å². The number of aryl methyl sites for hydroxylation is 2. The molecule has 1 saturated heterocycles. The van der Waals surface area contributed by atoms with Crippen LogP contribution in [0.25, 0.3) is 0 Å². The first-order chi connectivity index (χ1) is 14.9. The maximum Gasteiger partial charge on any atom is 0.191 e. The standard InChI is InChI=1S/C24H44N6O.HI/c1-6-25-23(27-19(2)16-22-20(3)28-29(5)21(22)4)26-17-24(10-8-7-9-11-24)18-30-12-14-31-15-13-30;/h19H,6-18H2,1-5H3,(H2,25,26,27);1H. The van der Waals surface area contributed by atoms with Crippen molar-refractivity contribution in [1.82, 2.24) is 25.3 Å². The second kappa shape index (κ2) is 13.1. The predicted octanol–water partition coefficient (Wildman–Crippen LogP) is 3.42. The van der Waals surface area contributed by atoms with Crippen LogP contribution in [0.3, 0.4) is 0 Å². The summed E-state index contributed by atoms with van der Waals surface area (Å²) in [5.74, 6) is 0.945. The molecule has 0 aromatic carbocycles. The molecule has 2 fully saturated rings. The first kappa shape index (κ1) is 27.4. The van der Waals surface area contributed by atoms with E-state index in [0.29, 0.717) is 11.5 Å². The smallest absolute Gasteiger partial charge is 0.191 e. The molecule has 1 saturated carbocycles. The SMILES string of the molecule is CCNC(=NCC1(CN2CCOCC2)CCCCC1)NC(C)Cc1c(C)nn(C)c1C.I. The fourth-order valence-corrected chi connectivity index (χ4v) is 5.17. The quantitative estimate of drug-likeness (QED) is 0.290. The molecule has 0 amide bonds. The number of nitrogens with one attached hydrogen (secondary N) is 2. The van der Waals surface area contributed by atoms with Crippen LogP contribution in [0.15, 0.2) is 4.99 Å². The van der Waals surface area contributed by atoms with Gasteiger partial charge in [-0.2, -0.15) is 5.10 Å². The van der Waals surface area contributed by atoms with Gasteiger partial charge in [-0.3, -0.25) is 14.6 Å². The van der Waals surface area contributed by atoms with Gasteiger partial charge in [0.1, 0.15) is 0 Å². The lowest BCUT2D eigenvalue weighted by molar-refractivity contribution is 0.00937. The van der Waals surface area contributed by atoms with E-state index in [1.54, 1.807) is 0 Å². The van der Waals surface area contributed by atoms with Crippen molar-refractivity contribution < 1.29 is 4.74 Å². The summed E-state index contributed by atoms with van der Waals surface area (Å²) in [5, 5.41) is 11.7. The van der Waals surface area contributed by atoms with Crippen molar-refractivity contribution in [2.24, 2.45) is 17.5 Å². The van der Waals surface area contributed by atoms with Gasteiger partial charge in [-0.15, -0.1) is 24.0 Å². The highest BCUT2D eigenvalue weighted by Gasteiger charge is 2.34. The molecule has 0 spiro atoms. The van der Waals surface area contributed by atoms with Gasteiger partial charge in [-0.05, 0) is 52.5 Å². The maximum absolute atomic E-state index is 5.57. The minimum absolute atomic E-state index is 0. The summed E-state index contributed by atoms with van der Waals surface area (Å²) in [4.78, 5) is 7.72. The Bertz CT molecular complexity index is 722. The molecular weight excluding hydrogens is 515 g/mol. The number of guanidine groups is 1. The molecule has 2 aliphatic rings. The van der Waals surface area contributed by atoms with Crippen LogP contribution >= 0.6 is 24.0 Å². The van der Waals surface area contributed by atoms with Crippen LogP contribution in [0.5, 0.6) is 0 Å². The summed E-state index contributed by atoms with van der Waals surface area (Å²) < 4.78 is 7.55. The van der Waals surface area contributed by atoms with E-state index in [9.17, 15) is 0 Å². The highest BCUT2D eigenvalue weighted by atomic mass is 127. The maximum atomic E-state index is 5.57. The first-order valence-electron chi connectivity index (χ1n) is 12.3. The highest BCUT2D eigenvalue weighted by molar-refractivity contribution is 14.0. The second-order valence-corrected chi connectivity index (χ2v) is 9.67. The number of hydrogen-bond donors (Lipinski definition) is 2. The monoisotopic (exact) mass is 560 g/mol. The largest absolute Gasteiger partial charge is 0.379 e. The van der Waals surface area contributed by atoms with Crippen molar-refractivity contribution in [3.05, 3.63) is 17.0 Å². The molecular formula is C24H45IN6O. The van der Waals surface area contributed by atoms with Crippen molar-refractivity contribution >= 4 is 29.9 Å². The highest BCUT2D eigenvalue weighted by Crippen LogP contribution is 2.37. The summed E-state index contributed by atoms with van der Waals surface area (Å²) in [6.45, 7) is 15.4. The zero-order chi connectivity index (χ0) is 22.3. The van der Waals surface area contributed by atoms with E-state index in [2.05, 4.69) is 48.3 Å². The molecule has 1 atom stereocenters.